The molecular weight excluding hydrogens is 356 g/mol. The summed E-state index contributed by atoms with van der Waals surface area (Å²) in [6, 6.07) is 8.05. The quantitative estimate of drug-likeness (QED) is 0.826. The van der Waals surface area contributed by atoms with Crippen LogP contribution in [0.2, 0.25) is 0 Å². The van der Waals surface area contributed by atoms with Crippen molar-refractivity contribution in [3.63, 3.8) is 0 Å². The number of likely N-dealkylation sites (tertiary alicyclic amines) is 1. The van der Waals surface area contributed by atoms with Gasteiger partial charge in [0.15, 0.2) is 0 Å². The summed E-state index contributed by atoms with van der Waals surface area (Å²) in [5.41, 5.74) is 0.744. The van der Waals surface area contributed by atoms with Crippen LogP contribution in [0.25, 0.3) is 0 Å². The molecule has 120 valence electrons. The largest absolute Gasteiger partial charge is 0.338 e. The molecule has 4 rings (SSSR count). The van der Waals surface area contributed by atoms with Gasteiger partial charge in [0, 0.05) is 29.5 Å². The second-order valence-electron chi connectivity index (χ2n) is 6.37. The van der Waals surface area contributed by atoms with Gasteiger partial charge in [-0.05, 0) is 53.7 Å². The van der Waals surface area contributed by atoms with Gasteiger partial charge in [-0.1, -0.05) is 12.1 Å². The van der Waals surface area contributed by atoms with Crippen LogP contribution in [-0.4, -0.2) is 38.7 Å². The number of nitrogens with zero attached hydrogens (tertiary/aromatic N) is 4. The topological polar surface area (TPSA) is 51.0 Å². The molecule has 2 aliphatic rings. The van der Waals surface area contributed by atoms with E-state index in [9.17, 15) is 4.79 Å². The van der Waals surface area contributed by atoms with Gasteiger partial charge < -0.3 is 9.47 Å². The van der Waals surface area contributed by atoms with Gasteiger partial charge in [0.2, 0.25) is 0 Å². The highest BCUT2D eigenvalue weighted by Crippen LogP contribution is 2.40. The number of hydrogen-bond acceptors (Lipinski definition) is 3. The number of halogens is 1. The maximum absolute atomic E-state index is 12.7. The third kappa shape index (κ3) is 2.92. The van der Waals surface area contributed by atoms with Gasteiger partial charge in [0.05, 0.1) is 5.56 Å². The van der Waals surface area contributed by atoms with Crippen molar-refractivity contribution >= 4 is 21.8 Å². The zero-order valence-electron chi connectivity index (χ0n) is 12.9. The van der Waals surface area contributed by atoms with E-state index in [2.05, 4.69) is 30.7 Å². The Morgan fingerprint density at radius 2 is 1.87 bits per heavy atom. The number of hydrogen-bond donors (Lipinski definition) is 0. The lowest BCUT2D eigenvalue weighted by atomic mass is 10.0. The molecule has 0 N–H and O–H groups in total. The smallest absolute Gasteiger partial charge is 0.254 e. The summed E-state index contributed by atoms with van der Waals surface area (Å²) in [6.45, 7) is 1.57. The lowest BCUT2D eigenvalue weighted by Gasteiger charge is -2.33. The second kappa shape index (κ2) is 6.07. The molecule has 5 nitrogen and oxygen atoms in total. The number of rotatable bonds is 3. The molecule has 23 heavy (non-hydrogen) atoms. The van der Waals surface area contributed by atoms with Crippen molar-refractivity contribution in [1.82, 2.24) is 19.7 Å². The Labute approximate surface area is 143 Å². The molecule has 0 radical (unpaired) electrons. The Kier molecular flexibility index (Phi) is 3.93. The first kappa shape index (κ1) is 14.9. The van der Waals surface area contributed by atoms with Crippen LogP contribution in [0, 0.1) is 0 Å². The van der Waals surface area contributed by atoms with E-state index >= 15 is 0 Å². The van der Waals surface area contributed by atoms with E-state index in [-0.39, 0.29) is 5.91 Å². The van der Waals surface area contributed by atoms with Gasteiger partial charge in [-0.3, -0.25) is 4.79 Å². The number of carbonyl (C=O) groups excluding carboxylic acids is 1. The monoisotopic (exact) mass is 374 g/mol. The van der Waals surface area contributed by atoms with Crippen LogP contribution in [0.3, 0.4) is 0 Å². The zero-order chi connectivity index (χ0) is 15.8. The van der Waals surface area contributed by atoms with Crippen molar-refractivity contribution in [3.8, 4) is 0 Å². The summed E-state index contributed by atoms with van der Waals surface area (Å²) in [7, 11) is 0. The summed E-state index contributed by atoms with van der Waals surface area (Å²) >= 11 is 3.47. The molecule has 6 heteroatoms. The Bertz CT molecular complexity index is 717. The number of aromatic nitrogens is 3. The average molecular weight is 375 g/mol. The van der Waals surface area contributed by atoms with Crippen molar-refractivity contribution in [3.05, 3.63) is 46.5 Å². The molecule has 0 atom stereocenters. The molecule has 0 bridgehead atoms. The molecule has 0 unspecified atom stereocenters. The second-order valence-corrected chi connectivity index (χ2v) is 7.23. The van der Waals surface area contributed by atoms with E-state index in [1.807, 2.05) is 35.5 Å². The van der Waals surface area contributed by atoms with Crippen molar-refractivity contribution < 1.29 is 4.79 Å². The van der Waals surface area contributed by atoms with E-state index in [0.29, 0.717) is 12.0 Å². The van der Waals surface area contributed by atoms with Crippen molar-refractivity contribution in [1.29, 1.82) is 0 Å². The third-order valence-corrected chi connectivity index (χ3v) is 5.48. The molecule has 2 fully saturated rings. The molecule has 1 amide bonds. The van der Waals surface area contributed by atoms with Crippen molar-refractivity contribution in [2.24, 2.45) is 0 Å². The van der Waals surface area contributed by atoms with Crippen LogP contribution < -0.4 is 0 Å². The van der Waals surface area contributed by atoms with Crippen molar-refractivity contribution in [2.45, 2.75) is 37.6 Å². The van der Waals surface area contributed by atoms with Gasteiger partial charge in [-0.15, -0.1) is 10.2 Å². The number of amides is 1. The fraction of sp³-hybridized carbons (Fsp3) is 0.471. The van der Waals surface area contributed by atoms with Crippen LogP contribution in [0.1, 0.15) is 53.8 Å². The van der Waals surface area contributed by atoms with Crippen LogP contribution >= 0.6 is 15.9 Å². The number of carbonyl (C=O) groups is 1. The van der Waals surface area contributed by atoms with Crippen LogP contribution in [-0.2, 0) is 0 Å². The number of piperidine rings is 1. The first-order valence-corrected chi connectivity index (χ1v) is 8.96. The minimum absolute atomic E-state index is 0.113. The van der Waals surface area contributed by atoms with Gasteiger partial charge in [0.1, 0.15) is 12.2 Å². The average Bonchev–Trinajstić information content (AvgIpc) is 3.32. The molecule has 1 aromatic carbocycles. The van der Waals surface area contributed by atoms with Crippen LogP contribution in [0.15, 0.2) is 35.1 Å². The molecule has 1 saturated carbocycles. The SMILES string of the molecule is O=C(c1ccccc1Br)N1CCC(n2cnnc2C2CC2)CC1. The fourth-order valence-electron chi connectivity index (χ4n) is 3.32. The zero-order valence-corrected chi connectivity index (χ0v) is 14.4. The van der Waals surface area contributed by atoms with Crippen molar-refractivity contribution in [2.75, 3.05) is 13.1 Å². The minimum atomic E-state index is 0.113. The number of benzene rings is 1. The van der Waals surface area contributed by atoms with Crippen LogP contribution in [0.4, 0.5) is 0 Å². The normalized spacial score (nSPS) is 19.1. The van der Waals surface area contributed by atoms with E-state index in [1.165, 1.54) is 12.8 Å². The highest BCUT2D eigenvalue weighted by Gasteiger charge is 2.32. The Morgan fingerprint density at radius 1 is 1.13 bits per heavy atom. The summed E-state index contributed by atoms with van der Waals surface area (Å²) in [5.74, 6) is 1.86. The van der Waals surface area contributed by atoms with E-state index in [1.54, 1.807) is 0 Å². The first-order valence-electron chi connectivity index (χ1n) is 8.17. The van der Waals surface area contributed by atoms with Gasteiger partial charge in [0.25, 0.3) is 5.91 Å². The minimum Gasteiger partial charge on any atom is -0.338 e. The lowest BCUT2D eigenvalue weighted by Crippen LogP contribution is -2.39. The third-order valence-electron chi connectivity index (χ3n) is 4.79. The highest BCUT2D eigenvalue weighted by atomic mass is 79.9. The maximum Gasteiger partial charge on any atom is 0.254 e. The molecule has 2 aromatic rings. The molecule has 1 aliphatic carbocycles. The Morgan fingerprint density at radius 3 is 2.57 bits per heavy atom. The van der Waals surface area contributed by atoms with E-state index < -0.39 is 0 Å². The van der Waals surface area contributed by atoms with Gasteiger partial charge in [-0.25, -0.2) is 0 Å². The molecule has 1 aliphatic heterocycles. The molecular formula is C17H19BrN4O. The molecule has 0 spiro atoms. The maximum atomic E-state index is 12.7. The summed E-state index contributed by atoms with van der Waals surface area (Å²) in [5, 5.41) is 8.39. The van der Waals surface area contributed by atoms with Gasteiger partial charge >= 0.3 is 0 Å². The lowest BCUT2D eigenvalue weighted by molar-refractivity contribution is 0.0692. The van der Waals surface area contributed by atoms with E-state index in [0.717, 1.165) is 41.8 Å². The molecule has 1 aromatic heterocycles. The fourth-order valence-corrected chi connectivity index (χ4v) is 3.77. The Hall–Kier alpha value is -1.69. The summed E-state index contributed by atoms with van der Waals surface area (Å²) in [6.07, 6.45) is 6.27. The predicted octanol–water partition coefficient (Wildman–Crippen LogP) is 3.40. The standard InChI is InChI=1S/C17H19BrN4O/c18-15-4-2-1-3-14(15)17(23)21-9-7-13(8-10-21)22-11-19-20-16(22)12-5-6-12/h1-4,11-13H,5-10H2. The Balaban J connectivity index is 1.44. The highest BCUT2D eigenvalue weighted by molar-refractivity contribution is 9.10. The summed E-state index contributed by atoms with van der Waals surface area (Å²) in [4.78, 5) is 14.6. The van der Waals surface area contributed by atoms with E-state index in [4.69, 9.17) is 0 Å². The molecule has 1 saturated heterocycles. The summed E-state index contributed by atoms with van der Waals surface area (Å²) < 4.78 is 3.11. The van der Waals surface area contributed by atoms with Crippen LogP contribution in [0.5, 0.6) is 0 Å². The molecule has 2 heterocycles. The van der Waals surface area contributed by atoms with Gasteiger partial charge in [-0.2, -0.15) is 0 Å². The predicted molar refractivity (Wildman–Crippen MR) is 90.3 cm³/mol. The first-order chi connectivity index (χ1) is 11.2.